The van der Waals surface area contributed by atoms with Crippen molar-refractivity contribution in [1.82, 2.24) is 0 Å². The first kappa shape index (κ1) is 24.1. The lowest BCUT2D eigenvalue weighted by Gasteiger charge is -2.10. The van der Waals surface area contributed by atoms with Crippen molar-refractivity contribution in [2.45, 2.75) is 16.7 Å². The van der Waals surface area contributed by atoms with E-state index in [0.717, 1.165) is 12.1 Å². The lowest BCUT2D eigenvalue weighted by molar-refractivity contribution is 0.259. The highest BCUT2D eigenvalue weighted by Crippen LogP contribution is 2.36. The van der Waals surface area contributed by atoms with Crippen LogP contribution in [-0.4, -0.2) is 39.0 Å². The number of hydrogen-bond acceptors (Lipinski definition) is 8. The van der Waals surface area contributed by atoms with Gasteiger partial charge < -0.3 is 16.4 Å². The third-order valence-electron chi connectivity index (χ3n) is 4.50. The highest BCUT2D eigenvalue weighted by atomic mass is 32.2. The van der Waals surface area contributed by atoms with Crippen LogP contribution in [0.4, 0.5) is 27.5 Å². The van der Waals surface area contributed by atoms with Crippen LogP contribution in [0.1, 0.15) is 5.56 Å². The topological polar surface area (TPSA) is 201 Å². The Morgan fingerprint density at radius 1 is 0.909 bits per heavy atom. The summed E-state index contributed by atoms with van der Waals surface area (Å²) in [6.07, 6.45) is 0. The Morgan fingerprint density at radius 2 is 1.55 bits per heavy atom. The molecule has 0 atom stereocenters. The number of fused-ring (bicyclic) bond motifs is 1. The van der Waals surface area contributed by atoms with Crippen LogP contribution in [0.5, 0.6) is 0 Å². The van der Waals surface area contributed by atoms with E-state index in [1.165, 1.54) is 24.3 Å². The number of primary amides is 1. The number of carbonyl (C=O) groups excluding carboxylic acids is 1. The largest absolute Gasteiger partial charge is 0.388 e. The predicted octanol–water partition coefficient (Wildman–Crippen LogP) is 3.59. The summed E-state index contributed by atoms with van der Waals surface area (Å²) in [6, 6.07) is 8.45. The highest BCUT2D eigenvalue weighted by molar-refractivity contribution is 7.86. The van der Waals surface area contributed by atoms with Gasteiger partial charge in [-0.3, -0.25) is 9.11 Å². The van der Waals surface area contributed by atoms with E-state index < -0.39 is 41.7 Å². The molecule has 174 valence electrons. The quantitative estimate of drug-likeness (QED) is 0.253. The Morgan fingerprint density at radius 3 is 2.12 bits per heavy atom. The number of rotatable bonds is 6. The van der Waals surface area contributed by atoms with E-state index in [-0.39, 0.29) is 22.1 Å². The molecule has 0 aliphatic rings. The Bertz CT molecular complexity index is 1520. The summed E-state index contributed by atoms with van der Waals surface area (Å²) in [4.78, 5) is 10.2. The fourth-order valence-corrected chi connectivity index (χ4v) is 4.54. The fourth-order valence-electron chi connectivity index (χ4n) is 3.11. The number of urea groups is 1. The van der Waals surface area contributed by atoms with Gasteiger partial charge in [0.2, 0.25) is 0 Å². The second kappa shape index (κ2) is 8.74. The number of nitrogens with zero attached hydrogens (tertiary/aromatic N) is 2. The number of nitrogens with two attached hydrogens (primary N) is 1. The molecule has 3 rings (SSSR count). The normalized spacial score (nSPS) is 12.2. The van der Waals surface area contributed by atoms with Crippen LogP contribution >= 0.6 is 0 Å². The average molecular weight is 494 g/mol. The monoisotopic (exact) mass is 493 g/mol. The van der Waals surface area contributed by atoms with Crippen LogP contribution in [-0.2, 0) is 20.2 Å². The third kappa shape index (κ3) is 5.43. The number of nitrogens with one attached hydrogen (secondary N) is 2. The van der Waals surface area contributed by atoms with Gasteiger partial charge in [-0.2, -0.15) is 16.8 Å². The number of carbonyl (C=O) groups is 1. The van der Waals surface area contributed by atoms with Crippen molar-refractivity contribution in [2.75, 3.05) is 17.7 Å². The van der Waals surface area contributed by atoms with Crippen LogP contribution < -0.4 is 16.4 Å². The average Bonchev–Trinajstić information content (AvgIpc) is 2.69. The number of benzene rings is 3. The van der Waals surface area contributed by atoms with Crippen LogP contribution in [0.2, 0.25) is 0 Å². The molecule has 0 aliphatic carbocycles. The molecular weight excluding hydrogens is 474 g/mol. The first-order valence-electron chi connectivity index (χ1n) is 9.13. The lowest BCUT2D eigenvalue weighted by Crippen LogP contribution is -2.19. The van der Waals surface area contributed by atoms with E-state index in [4.69, 9.17) is 5.73 Å². The van der Waals surface area contributed by atoms with Crippen molar-refractivity contribution in [3.63, 3.8) is 0 Å². The maximum Gasteiger partial charge on any atom is 0.316 e. The second-order valence-electron chi connectivity index (χ2n) is 6.93. The Labute approximate surface area is 189 Å². The van der Waals surface area contributed by atoms with E-state index in [0.29, 0.717) is 11.3 Å². The van der Waals surface area contributed by atoms with Crippen LogP contribution in [0.25, 0.3) is 10.8 Å². The number of amides is 2. The number of azo groups is 1. The first-order valence-corrected chi connectivity index (χ1v) is 12.0. The minimum absolute atomic E-state index is 0.0366. The standard InChI is InChI=1S/C19H19N5O7S2/c1-10-5-11-7-18(33(29,30)31)16(9-13(11)17(6-10)32(26,27)28)24-23-14-4-3-12(21-2)8-15(14)22-19(20)25/h3-9,21H,1-2H3,(H3,20,22,25)(H,26,27,28)(H,29,30,31). The van der Waals surface area contributed by atoms with E-state index in [1.807, 2.05) is 0 Å². The zero-order valence-corrected chi connectivity index (χ0v) is 18.9. The van der Waals surface area contributed by atoms with Gasteiger partial charge in [-0.1, -0.05) is 6.07 Å². The van der Waals surface area contributed by atoms with E-state index in [9.17, 15) is 30.7 Å². The van der Waals surface area contributed by atoms with Crippen LogP contribution in [0.3, 0.4) is 0 Å². The van der Waals surface area contributed by atoms with E-state index >= 15 is 0 Å². The molecule has 3 aromatic rings. The molecule has 12 nitrogen and oxygen atoms in total. The van der Waals surface area contributed by atoms with Crippen molar-refractivity contribution < 1.29 is 30.7 Å². The Hall–Kier alpha value is -3.59. The molecule has 14 heteroatoms. The summed E-state index contributed by atoms with van der Waals surface area (Å²) in [5, 5.41) is 13.1. The predicted molar refractivity (Wildman–Crippen MR) is 122 cm³/mol. The summed E-state index contributed by atoms with van der Waals surface area (Å²) >= 11 is 0. The second-order valence-corrected chi connectivity index (χ2v) is 9.71. The van der Waals surface area contributed by atoms with Gasteiger partial charge in [0.15, 0.2) is 0 Å². The molecule has 2 amide bonds. The molecule has 0 aromatic heterocycles. The molecule has 0 fully saturated rings. The lowest BCUT2D eigenvalue weighted by atomic mass is 10.1. The molecule has 3 aromatic carbocycles. The molecule has 6 N–H and O–H groups in total. The van der Waals surface area contributed by atoms with Gasteiger partial charge in [-0.25, -0.2) is 4.79 Å². The van der Waals surface area contributed by atoms with Crippen molar-refractivity contribution in [1.29, 1.82) is 0 Å². The summed E-state index contributed by atoms with van der Waals surface area (Å²) in [5.74, 6) is 0. The number of hydrogen-bond donors (Lipinski definition) is 5. The van der Waals surface area contributed by atoms with Crippen molar-refractivity contribution in [3.05, 3.63) is 48.0 Å². The molecule has 0 heterocycles. The van der Waals surface area contributed by atoms with Gasteiger partial charge >= 0.3 is 6.03 Å². The summed E-state index contributed by atoms with van der Waals surface area (Å²) in [5.41, 5.74) is 6.05. The maximum atomic E-state index is 12.0. The fraction of sp³-hybridized carbons (Fsp3) is 0.105. The molecule has 0 bridgehead atoms. The molecule has 0 unspecified atom stereocenters. The molecule has 0 radical (unpaired) electrons. The molecule has 0 aliphatic heterocycles. The zero-order valence-electron chi connectivity index (χ0n) is 17.3. The van der Waals surface area contributed by atoms with Gasteiger partial charge in [0, 0.05) is 18.1 Å². The van der Waals surface area contributed by atoms with Gasteiger partial charge in [-0.05, 0) is 54.3 Å². The molecular formula is C19H19N5O7S2. The van der Waals surface area contributed by atoms with Gasteiger partial charge in [0.25, 0.3) is 20.2 Å². The molecule has 33 heavy (non-hydrogen) atoms. The zero-order chi connectivity index (χ0) is 24.6. The van der Waals surface area contributed by atoms with Gasteiger partial charge in [-0.15, -0.1) is 10.2 Å². The summed E-state index contributed by atoms with van der Waals surface area (Å²) < 4.78 is 67.0. The van der Waals surface area contributed by atoms with Crippen molar-refractivity contribution in [3.8, 4) is 0 Å². The minimum Gasteiger partial charge on any atom is -0.388 e. The molecule has 0 saturated carbocycles. The Balaban J connectivity index is 2.27. The van der Waals surface area contributed by atoms with Crippen LogP contribution in [0, 0.1) is 6.92 Å². The molecule has 0 spiro atoms. The number of anilines is 2. The Kier molecular flexibility index (Phi) is 6.37. The number of aryl methyl sites for hydroxylation is 1. The summed E-state index contributed by atoms with van der Waals surface area (Å²) in [6.45, 7) is 1.55. The third-order valence-corrected chi connectivity index (χ3v) is 6.28. The van der Waals surface area contributed by atoms with Crippen molar-refractivity contribution >= 4 is 59.8 Å². The molecule has 0 saturated heterocycles. The van der Waals surface area contributed by atoms with Gasteiger partial charge in [0.1, 0.15) is 21.2 Å². The maximum absolute atomic E-state index is 12.0. The first-order chi connectivity index (χ1) is 15.3. The van der Waals surface area contributed by atoms with Crippen molar-refractivity contribution in [2.24, 2.45) is 16.0 Å². The van der Waals surface area contributed by atoms with E-state index in [1.54, 1.807) is 20.0 Å². The SMILES string of the molecule is CNc1ccc(N=Nc2cc3c(S(=O)(=O)O)cc(C)cc3cc2S(=O)(=O)O)c(NC(N)=O)c1. The smallest absolute Gasteiger partial charge is 0.316 e. The van der Waals surface area contributed by atoms with Crippen LogP contribution in [0.15, 0.2) is 62.5 Å². The van der Waals surface area contributed by atoms with E-state index in [2.05, 4.69) is 20.9 Å². The highest BCUT2D eigenvalue weighted by Gasteiger charge is 2.21. The van der Waals surface area contributed by atoms with Gasteiger partial charge in [0.05, 0.1) is 5.69 Å². The minimum atomic E-state index is -4.80. The summed E-state index contributed by atoms with van der Waals surface area (Å²) in [7, 11) is -7.81.